The fourth-order valence-corrected chi connectivity index (χ4v) is 8.43. The normalized spacial score (nSPS) is 12.6. The molecule has 6 aromatic carbocycles. The van der Waals surface area contributed by atoms with E-state index in [0.29, 0.717) is 11.4 Å². The molecule has 2 heterocycles. The van der Waals surface area contributed by atoms with E-state index < -0.39 is 0 Å². The summed E-state index contributed by atoms with van der Waals surface area (Å²) >= 11 is 0. The molecule has 0 bridgehead atoms. The Hall–Kier alpha value is -6.26. The zero-order valence-electron chi connectivity index (χ0n) is 38.6. The molecule has 0 unspecified atom stereocenters. The van der Waals surface area contributed by atoms with Gasteiger partial charge in [-0.15, -0.1) is 0 Å². The molecule has 0 spiro atoms. The van der Waals surface area contributed by atoms with Gasteiger partial charge in [0.05, 0.1) is 28.0 Å². The molecule has 314 valence electrons. The van der Waals surface area contributed by atoms with Crippen molar-refractivity contribution in [3.8, 4) is 67.5 Å². The zero-order valence-corrected chi connectivity index (χ0v) is 38.6. The minimum Gasteiger partial charge on any atom is -0.507 e. The second kappa shape index (κ2) is 15.6. The summed E-state index contributed by atoms with van der Waals surface area (Å²) in [4.78, 5) is 10.6. The highest BCUT2D eigenvalue weighted by molar-refractivity contribution is 5.99. The molecule has 8 rings (SSSR count). The van der Waals surface area contributed by atoms with Gasteiger partial charge in [0.2, 0.25) is 0 Å². The quantitative estimate of drug-likeness (QED) is 0.182. The number of fused-ring (bicyclic) bond motifs is 1. The summed E-state index contributed by atoms with van der Waals surface area (Å²) in [6, 6.07) is 50.0. The largest absolute Gasteiger partial charge is 0.507 e. The fourth-order valence-electron chi connectivity index (χ4n) is 8.43. The number of phenols is 1. The van der Waals surface area contributed by atoms with Crippen LogP contribution in [0.5, 0.6) is 5.75 Å². The number of benzene rings is 6. The Morgan fingerprint density at radius 3 is 1.48 bits per heavy atom. The van der Waals surface area contributed by atoms with Gasteiger partial charge in [0.15, 0.2) is 0 Å². The van der Waals surface area contributed by atoms with Crippen LogP contribution in [0.1, 0.15) is 105 Å². The van der Waals surface area contributed by atoms with E-state index in [1.54, 1.807) is 0 Å². The molecular weight excluding hydrogens is 755 g/mol. The number of hydrogen-bond acceptors (Lipinski definition) is 3. The Bertz CT molecular complexity index is 2850. The minimum atomic E-state index is -0.337. The van der Waals surface area contributed by atoms with Gasteiger partial charge in [-0.2, -0.15) is 0 Å². The Kier molecular flexibility index (Phi) is 10.7. The number of imidazole rings is 1. The van der Waals surface area contributed by atoms with E-state index in [4.69, 9.17) is 9.97 Å². The van der Waals surface area contributed by atoms with Crippen molar-refractivity contribution in [3.63, 3.8) is 0 Å². The molecular formula is C58H61N3O. The van der Waals surface area contributed by atoms with Crippen LogP contribution in [-0.2, 0) is 21.7 Å². The van der Waals surface area contributed by atoms with Crippen molar-refractivity contribution < 1.29 is 5.11 Å². The predicted molar refractivity (Wildman–Crippen MR) is 263 cm³/mol. The maximum Gasteiger partial charge on any atom is 0.149 e. The molecule has 0 amide bonds. The first kappa shape index (κ1) is 42.4. The van der Waals surface area contributed by atoms with Gasteiger partial charge in [0.25, 0.3) is 0 Å². The second-order valence-electron chi connectivity index (χ2n) is 21.0. The van der Waals surface area contributed by atoms with Gasteiger partial charge in [-0.25, -0.2) is 4.98 Å². The summed E-state index contributed by atoms with van der Waals surface area (Å²) in [6.07, 6.45) is 1.86. The number of aromatic nitrogens is 3. The Balaban J connectivity index is 1.59. The molecule has 4 heteroatoms. The van der Waals surface area contributed by atoms with Gasteiger partial charge in [-0.05, 0) is 104 Å². The lowest BCUT2D eigenvalue weighted by atomic mass is 9.78. The van der Waals surface area contributed by atoms with Gasteiger partial charge >= 0.3 is 0 Å². The maximum absolute atomic E-state index is 12.7. The van der Waals surface area contributed by atoms with Crippen molar-refractivity contribution in [1.29, 1.82) is 0 Å². The molecule has 1 N–H and O–H groups in total. The molecule has 0 saturated heterocycles. The van der Waals surface area contributed by atoms with Crippen LogP contribution in [0.2, 0.25) is 0 Å². The van der Waals surface area contributed by atoms with Crippen molar-refractivity contribution in [2.24, 2.45) is 0 Å². The minimum absolute atomic E-state index is 0.121. The predicted octanol–water partition coefficient (Wildman–Crippen LogP) is 15.7. The lowest BCUT2D eigenvalue weighted by Crippen LogP contribution is -2.17. The van der Waals surface area contributed by atoms with Gasteiger partial charge < -0.3 is 5.11 Å². The van der Waals surface area contributed by atoms with Gasteiger partial charge in [-0.3, -0.25) is 9.55 Å². The average molecular weight is 816 g/mol. The van der Waals surface area contributed by atoms with Crippen LogP contribution in [-0.4, -0.2) is 19.6 Å². The molecule has 0 aliphatic carbocycles. The van der Waals surface area contributed by atoms with Crippen LogP contribution >= 0.6 is 0 Å². The van der Waals surface area contributed by atoms with Gasteiger partial charge in [0, 0.05) is 34.0 Å². The topological polar surface area (TPSA) is 50.9 Å². The van der Waals surface area contributed by atoms with Crippen LogP contribution < -0.4 is 0 Å². The number of rotatable bonds is 6. The van der Waals surface area contributed by atoms with Gasteiger partial charge in [-0.1, -0.05) is 174 Å². The zero-order chi connectivity index (χ0) is 44.4. The summed E-state index contributed by atoms with van der Waals surface area (Å²) in [6.45, 7) is 26.9. The second-order valence-corrected chi connectivity index (χ2v) is 21.0. The van der Waals surface area contributed by atoms with E-state index >= 15 is 0 Å². The monoisotopic (exact) mass is 815 g/mol. The third kappa shape index (κ3) is 8.11. The number of pyridine rings is 1. The lowest BCUT2D eigenvalue weighted by molar-refractivity contribution is 0.446. The van der Waals surface area contributed by atoms with Crippen molar-refractivity contribution in [2.45, 2.75) is 105 Å². The van der Waals surface area contributed by atoms with E-state index in [1.165, 1.54) is 11.1 Å². The third-order valence-electron chi connectivity index (χ3n) is 12.1. The van der Waals surface area contributed by atoms with E-state index in [0.717, 1.165) is 72.5 Å². The Morgan fingerprint density at radius 1 is 0.435 bits per heavy atom. The van der Waals surface area contributed by atoms with Crippen molar-refractivity contribution in [1.82, 2.24) is 14.5 Å². The van der Waals surface area contributed by atoms with E-state index in [1.807, 2.05) is 18.3 Å². The number of phenolic OH excluding ortho intramolecular Hbond substituents is 1. The number of hydrogen-bond donors (Lipinski definition) is 1. The molecule has 62 heavy (non-hydrogen) atoms. The summed E-state index contributed by atoms with van der Waals surface area (Å²) in [5.41, 5.74) is 15.7. The summed E-state index contributed by atoms with van der Waals surface area (Å²) in [5.74, 6) is 0.945. The first-order valence-corrected chi connectivity index (χ1v) is 22.0. The fraction of sp³-hybridized carbons (Fsp3) is 0.276. The molecule has 8 aromatic rings. The van der Waals surface area contributed by atoms with Crippen LogP contribution in [0, 0.1) is 0 Å². The van der Waals surface area contributed by atoms with Crippen LogP contribution in [0.4, 0.5) is 0 Å². The molecule has 0 saturated carbocycles. The SMILES string of the molecule is CC(C)(C)c1cc(-c2ccccn2)cc(-c2cccc3c2nc(-c2cc(C(C)(C)C)cc(C(C)(C)C)c2O)n3-c2c(-c3ccccc3)cc(C(C)(C)C)cc2-c2ccccc2)c1. The molecule has 2 aromatic heterocycles. The van der Waals surface area contributed by atoms with Gasteiger partial charge in [0.1, 0.15) is 11.6 Å². The smallest absolute Gasteiger partial charge is 0.149 e. The number of aromatic hydroxyl groups is 1. The highest BCUT2D eigenvalue weighted by Crippen LogP contribution is 2.48. The van der Waals surface area contributed by atoms with Crippen LogP contribution in [0.15, 0.2) is 146 Å². The standard InChI is InChI=1S/C58H61N3O/c1-55(2,3)41-31-39(30-40(32-41)49-27-19-20-29-59-49)44-26-21-28-50-51(44)60-54(47-35-43(57(7,8)9)36-48(53(47)62)58(10,11)12)61(50)52-45(37-22-15-13-16-23-37)33-42(56(4,5)6)34-46(52)38-24-17-14-18-25-38/h13-36,62H,1-12H3. The summed E-state index contributed by atoms with van der Waals surface area (Å²) < 4.78 is 2.34. The summed E-state index contributed by atoms with van der Waals surface area (Å²) in [5, 5.41) is 12.7. The third-order valence-corrected chi connectivity index (χ3v) is 12.1. The molecule has 0 radical (unpaired) electrons. The Labute approximate surface area is 369 Å². The number of para-hydroxylation sites is 1. The molecule has 0 fully saturated rings. The molecule has 0 aliphatic rings. The van der Waals surface area contributed by atoms with Crippen molar-refractivity contribution >= 4 is 11.0 Å². The van der Waals surface area contributed by atoms with Crippen molar-refractivity contribution in [3.05, 3.63) is 168 Å². The van der Waals surface area contributed by atoms with Crippen LogP contribution in [0.3, 0.4) is 0 Å². The first-order valence-electron chi connectivity index (χ1n) is 22.0. The highest BCUT2D eigenvalue weighted by Gasteiger charge is 2.31. The molecule has 0 aliphatic heterocycles. The van der Waals surface area contributed by atoms with E-state index in [2.05, 4.69) is 215 Å². The van der Waals surface area contributed by atoms with Crippen molar-refractivity contribution in [2.75, 3.05) is 0 Å². The van der Waals surface area contributed by atoms with Crippen LogP contribution in [0.25, 0.3) is 72.7 Å². The highest BCUT2D eigenvalue weighted by atomic mass is 16.3. The van der Waals surface area contributed by atoms with E-state index in [-0.39, 0.29) is 27.4 Å². The number of nitrogens with zero attached hydrogens (tertiary/aromatic N) is 3. The average Bonchev–Trinajstić information content (AvgIpc) is 3.61. The Morgan fingerprint density at radius 2 is 0.952 bits per heavy atom. The maximum atomic E-state index is 12.7. The molecule has 4 nitrogen and oxygen atoms in total. The summed E-state index contributed by atoms with van der Waals surface area (Å²) in [7, 11) is 0. The van der Waals surface area contributed by atoms with E-state index in [9.17, 15) is 5.11 Å². The first-order chi connectivity index (χ1) is 29.2. The molecule has 0 atom stereocenters. The lowest BCUT2D eigenvalue weighted by Gasteiger charge is -2.28.